The van der Waals surface area contributed by atoms with Gasteiger partial charge in [-0.05, 0) is 104 Å². The number of ether oxygens (including phenoxy) is 1. The molecule has 32 heavy (non-hydrogen) atoms. The molecule has 3 nitrogen and oxygen atoms in total. The highest BCUT2D eigenvalue weighted by molar-refractivity contribution is 5.96. The second-order valence-electron chi connectivity index (χ2n) is 11.3. The lowest BCUT2D eigenvalue weighted by Gasteiger charge is -2.57. The lowest BCUT2D eigenvalue weighted by atomic mass is 9.47. The minimum atomic E-state index is -0.149. The first-order valence-electron chi connectivity index (χ1n) is 12.6. The molecule has 0 bridgehead atoms. The fourth-order valence-electron chi connectivity index (χ4n) is 8.15. The van der Waals surface area contributed by atoms with Gasteiger partial charge in [-0.25, -0.2) is 0 Å². The lowest BCUT2D eigenvalue weighted by Crippen LogP contribution is -2.50. The van der Waals surface area contributed by atoms with Crippen molar-refractivity contribution in [2.45, 2.75) is 71.3 Å². The SMILES string of the molecule is COc1cccc(/C=C/C(=O)[C@H]2CC[C@H]3[C@@H]4CC=C5C[C@@H](O)CC[C@]5(C)[C@H]4CC[C@]23C)c1. The van der Waals surface area contributed by atoms with Gasteiger partial charge >= 0.3 is 0 Å². The molecule has 0 spiro atoms. The number of carbonyl (C=O) groups excluding carboxylic acids is 1. The van der Waals surface area contributed by atoms with E-state index in [0.717, 1.165) is 49.8 Å². The number of hydrogen-bond donors (Lipinski definition) is 1. The number of aliphatic hydroxyl groups excluding tert-OH is 1. The summed E-state index contributed by atoms with van der Waals surface area (Å²) in [5, 5.41) is 10.2. The molecule has 3 heteroatoms. The Labute approximate surface area is 192 Å². The Morgan fingerprint density at radius 2 is 1.97 bits per heavy atom. The van der Waals surface area contributed by atoms with Gasteiger partial charge in [-0.2, -0.15) is 0 Å². The molecular weight excluding hydrogens is 396 g/mol. The molecule has 1 aromatic carbocycles. The van der Waals surface area contributed by atoms with Gasteiger partial charge in [0.1, 0.15) is 5.75 Å². The van der Waals surface area contributed by atoms with Crippen LogP contribution < -0.4 is 4.74 Å². The molecule has 0 saturated heterocycles. The van der Waals surface area contributed by atoms with Crippen molar-refractivity contribution in [3.05, 3.63) is 47.6 Å². The normalized spacial score (nSPS) is 40.9. The third kappa shape index (κ3) is 3.48. The zero-order valence-corrected chi connectivity index (χ0v) is 19.8. The summed E-state index contributed by atoms with van der Waals surface area (Å²) in [4.78, 5) is 13.4. The van der Waals surface area contributed by atoms with Gasteiger partial charge in [0.15, 0.2) is 5.78 Å². The number of fused-ring (bicyclic) bond motifs is 5. The molecule has 172 valence electrons. The van der Waals surface area contributed by atoms with Crippen molar-refractivity contribution in [1.29, 1.82) is 0 Å². The number of rotatable bonds is 4. The highest BCUT2D eigenvalue weighted by atomic mass is 16.5. The van der Waals surface area contributed by atoms with Gasteiger partial charge in [0.05, 0.1) is 13.2 Å². The number of methoxy groups -OCH3 is 1. The van der Waals surface area contributed by atoms with E-state index in [1.165, 1.54) is 18.4 Å². The van der Waals surface area contributed by atoms with Crippen LogP contribution >= 0.6 is 0 Å². The molecule has 1 aromatic rings. The van der Waals surface area contributed by atoms with Crippen LogP contribution in [0.1, 0.15) is 70.8 Å². The Balaban J connectivity index is 1.34. The summed E-state index contributed by atoms with van der Waals surface area (Å²) in [6.45, 7) is 4.88. The first kappa shape index (κ1) is 21.9. The van der Waals surface area contributed by atoms with Gasteiger partial charge in [-0.1, -0.05) is 43.7 Å². The van der Waals surface area contributed by atoms with Crippen molar-refractivity contribution in [2.75, 3.05) is 7.11 Å². The Bertz CT molecular complexity index is 945. The molecular formula is C29H38O3. The van der Waals surface area contributed by atoms with Crippen molar-refractivity contribution in [3.8, 4) is 5.75 Å². The van der Waals surface area contributed by atoms with Crippen molar-refractivity contribution < 1.29 is 14.6 Å². The highest BCUT2D eigenvalue weighted by Gasteiger charge is 2.59. The lowest BCUT2D eigenvalue weighted by molar-refractivity contribution is -0.124. The average molecular weight is 435 g/mol. The number of benzene rings is 1. The van der Waals surface area contributed by atoms with E-state index >= 15 is 0 Å². The molecule has 3 saturated carbocycles. The Morgan fingerprint density at radius 1 is 1.12 bits per heavy atom. The summed E-state index contributed by atoms with van der Waals surface area (Å²) in [6, 6.07) is 7.89. The Morgan fingerprint density at radius 3 is 2.78 bits per heavy atom. The van der Waals surface area contributed by atoms with E-state index < -0.39 is 0 Å². The molecule has 0 amide bonds. The zero-order valence-electron chi connectivity index (χ0n) is 19.8. The molecule has 5 rings (SSSR count). The molecule has 0 unspecified atom stereocenters. The van der Waals surface area contributed by atoms with Crippen LogP contribution in [0.3, 0.4) is 0 Å². The summed E-state index contributed by atoms with van der Waals surface area (Å²) in [6.07, 6.45) is 14.8. The van der Waals surface area contributed by atoms with Gasteiger partial charge < -0.3 is 9.84 Å². The van der Waals surface area contributed by atoms with E-state index in [1.807, 2.05) is 36.4 Å². The predicted octanol–water partition coefficient (Wildman–Crippen LogP) is 6.22. The van der Waals surface area contributed by atoms with Gasteiger partial charge in [-0.15, -0.1) is 0 Å². The van der Waals surface area contributed by atoms with Crippen LogP contribution in [0.4, 0.5) is 0 Å². The van der Waals surface area contributed by atoms with Gasteiger partial charge in [-0.3, -0.25) is 4.79 Å². The monoisotopic (exact) mass is 434 g/mol. The highest BCUT2D eigenvalue weighted by Crippen LogP contribution is 2.66. The summed E-state index contributed by atoms with van der Waals surface area (Å²) in [5.41, 5.74) is 2.91. The van der Waals surface area contributed by atoms with Gasteiger partial charge in [0.25, 0.3) is 0 Å². The van der Waals surface area contributed by atoms with Crippen molar-refractivity contribution in [3.63, 3.8) is 0 Å². The standard InChI is InChI=1S/C29H38O3/c1-28-15-13-21(30)18-20(28)8-9-23-24-10-11-26(29(24,2)16-14-25(23)28)27(31)12-7-19-5-4-6-22(17-19)32-3/h4-8,12,17,21,23-26,30H,9-11,13-16,18H2,1-3H3/b12-7+/t21-,23-,24-,25-,26+,28-,29-/m0/s1. The van der Waals surface area contributed by atoms with E-state index in [0.29, 0.717) is 23.5 Å². The molecule has 1 N–H and O–H groups in total. The second kappa shape index (κ2) is 8.17. The maximum atomic E-state index is 13.4. The number of carbonyl (C=O) groups is 1. The van der Waals surface area contributed by atoms with Crippen LogP contribution in [0, 0.1) is 34.5 Å². The number of hydrogen-bond acceptors (Lipinski definition) is 3. The van der Waals surface area contributed by atoms with E-state index in [2.05, 4.69) is 19.9 Å². The fraction of sp³-hybridized carbons (Fsp3) is 0.621. The topological polar surface area (TPSA) is 46.5 Å². The van der Waals surface area contributed by atoms with Crippen molar-refractivity contribution in [2.24, 2.45) is 34.5 Å². The van der Waals surface area contributed by atoms with Crippen LogP contribution in [-0.4, -0.2) is 24.1 Å². The van der Waals surface area contributed by atoms with E-state index in [4.69, 9.17) is 4.74 Å². The largest absolute Gasteiger partial charge is 0.497 e. The third-order valence-electron chi connectivity index (χ3n) is 9.96. The summed E-state index contributed by atoms with van der Waals surface area (Å²) in [5.74, 6) is 3.31. The van der Waals surface area contributed by atoms with Gasteiger partial charge in [0, 0.05) is 5.92 Å². The fourth-order valence-corrected chi connectivity index (χ4v) is 8.15. The molecule has 3 fully saturated rings. The quantitative estimate of drug-likeness (QED) is 0.452. The summed E-state index contributed by atoms with van der Waals surface area (Å²) >= 11 is 0. The van der Waals surface area contributed by atoms with Crippen molar-refractivity contribution in [1.82, 2.24) is 0 Å². The molecule has 0 heterocycles. The minimum Gasteiger partial charge on any atom is -0.497 e. The molecule has 0 aromatic heterocycles. The number of allylic oxidation sites excluding steroid dienone is 2. The van der Waals surface area contributed by atoms with E-state index in [-0.39, 0.29) is 22.9 Å². The van der Waals surface area contributed by atoms with Crippen LogP contribution in [0.25, 0.3) is 6.08 Å². The molecule has 4 aliphatic carbocycles. The first-order valence-corrected chi connectivity index (χ1v) is 12.6. The average Bonchev–Trinajstić information content (AvgIpc) is 3.15. The van der Waals surface area contributed by atoms with E-state index in [1.54, 1.807) is 7.11 Å². The van der Waals surface area contributed by atoms with Crippen molar-refractivity contribution >= 4 is 11.9 Å². The molecule has 0 radical (unpaired) electrons. The van der Waals surface area contributed by atoms with Crippen LogP contribution in [-0.2, 0) is 4.79 Å². The molecule has 7 atom stereocenters. The van der Waals surface area contributed by atoms with Crippen LogP contribution in [0.15, 0.2) is 42.0 Å². The van der Waals surface area contributed by atoms with Crippen LogP contribution in [0.2, 0.25) is 0 Å². The van der Waals surface area contributed by atoms with Gasteiger partial charge in [0.2, 0.25) is 0 Å². The maximum Gasteiger partial charge on any atom is 0.159 e. The second-order valence-corrected chi connectivity index (χ2v) is 11.3. The molecule has 0 aliphatic heterocycles. The number of ketones is 1. The third-order valence-corrected chi connectivity index (χ3v) is 9.96. The zero-order chi connectivity index (χ0) is 22.5. The van der Waals surface area contributed by atoms with Crippen LogP contribution in [0.5, 0.6) is 5.75 Å². The van der Waals surface area contributed by atoms with E-state index in [9.17, 15) is 9.90 Å². The Hall–Kier alpha value is -1.87. The minimum absolute atomic E-state index is 0.118. The summed E-state index contributed by atoms with van der Waals surface area (Å²) < 4.78 is 5.31. The maximum absolute atomic E-state index is 13.4. The summed E-state index contributed by atoms with van der Waals surface area (Å²) in [7, 11) is 1.67. The predicted molar refractivity (Wildman–Crippen MR) is 128 cm³/mol. The first-order chi connectivity index (χ1) is 15.3. The molecule has 4 aliphatic rings. The smallest absolute Gasteiger partial charge is 0.159 e. The Kier molecular flexibility index (Phi) is 5.60. The number of aliphatic hydroxyl groups is 1.